The highest BCUT2D eigenvalue weighted by Gasteiger charge is 2.36. The fourth-order valence-electron chi connectivity index (χ4n) is 4.42. The van der Waals surface area contributed by atoms with E-state index in [0.717, 1.165) is 28.3 Å². The van der Waals surface area contributed by atoms with Crippen molar-refractivity contribution in [1.29, 1.82) is 0 Å². The maximum atomic E-state index is 9.86. The normalized spacial score (nSPS) is 17.4. The summed E-state index contributed by atoms with van der Waals surface area (Å²) >= 11 is 22.0. The first-order valence-corrected chi connectivity index (χ1v) is 12.9. The van der Waals surface area contributed by atoms with Crippen molar-refractivity contribution >= 4 is 46.6 Å². The number of nitrogens with one attached hydrogen (secondary N) is 1. The molecule has 9 heteroatoms. The fraction of sp³-hybridized carbons (Fsp3) is 0.375. The summed E-state index contributed by atoms with van der Waals surface area (Å²) < 4.78 is 0. The molecule has 2 unspecified atom stereocenters. The number of H-pyrrole nitrogens is 1. The van der Waals surface area contributed by atoms with Gasteiger partial charge in [-0.25, -0.2) is 0 Å². The Balaban J connectivity index is 1.85. The lowest BCUT2D eigenvalue weighted by Crippen LogP contribution is -2.43. The van der Waals surface area contributed by atoms with E-state index >= 15 is 0 Å². The van der Waals surface area contributed by atoms with Crippen LogP contribution < -0.4 is 0 Å². The summed E-state index contributed by atoms with van der Waals surface area (Å²) in [5.41, 5.74) is 4.36. The average Bonchev–Trinajstić information content (AvgIpc) is 3.30. The first-order chi connectivity index (χ1) is 15.9. The van der Waals surface area contributed by atoms with Crippen LogP contribution in [-0.4, -0.2) is 57.7 Å². The van der Waals surface area contributed by atoms with Crippen molar-refractivity contribution in [2.75, 3.05) is 26.6 Å². The van der Waals surface area contributed by atoms with Crippen molar-refractivity contribution < 1.29 is 5.11 Å². The molecule has 0 aliphatic carbocycles. The average molecular weight is 526 g/mol. The Morgan fingerprint density at radius 1 is 1.21 bits per heavy atom. The molecule has 3 aromatic rings. The molecule has 1 aliphatic rings. The van der Waals surface area contributed by atoms with Crippen LogP contribution in [0.3, 0.4) is 0 Å². The van der Waals surface area contributed by atoms with Crippen molar-refractivity contribution in [2.24, 2.45) is 0 Å². The highest BCUT2D eigenvalue weighted by molar-refractivity contribution is 7.99. The van der Waals surface area contributed by atoms with E-state index in [9.17, 15) is 5.11 Å². The van der Waals surface area contributed by atoms with Gasteiger partial charge in [0.2, 0.25) is 0 Å². The maximum absolute atomic E-state index is 9.86. The molecule has 0 spiro atoms. The van der Waals surface area contributed by atoms with E-state index in [1.165, 1.54) is 11.1 Å². The number of benzene rings is 2. The molecule has 2 heterocycles. The van der Waals surface area contributed by atoms with Gasteiger partial charge in [0.1, 0.15) is 0 Å². The predicted octanol–water partition coefficient (Wildman–Crippen LogP) is 5.88. The maximum Gasteiger partial charge on any atom is 0.0668 e. The molecule has 0 saturated heterocycles. The van der Waals surface area contributed by atoms with Gasteiger partial charge in [0.25, 0.3) is 0 Å². The molecule has 4 rings (SSSR count). The molecule has 2 aromatic carbocycles. The van der Waals surface area contributed by atoms with Crippen LogP contribution in [0.2, 0.25) is 15.1 Å². The minimum atomic E-state index is -0.246. The second-order valence-electron chi connectivity index (χ2n) is 8.50. The summed E-state index contributed by atoms with van der Waals surface area (Å²) in [7, 11) is 4.01. The van der Waals surface area contributed by atoms with Gasteiger partial charge in [-0.1, -0.05) is 59.1 Å². The van der Waals surface area contributed by atoms with Gasteiger partial charge in [0.15, 0.2) is 0 Å². The summed E-state index contributed by atoms with van der Waals surface area (Å²) in [6.45, 7) is 0.819. The lowest BCUT2D eigenvalue weighted by Gasteiger charge is -2.42. The van der Waals surface area contributed by atoms with Crippen LogP contribution in [0.25, 0.3) is 0 Å². The molecule has 0 saturated carbocycles. The predicted molar refractivity (Wildman–Crippen MR) is 137 cm³/mol. The number of aromatic nitrogens is 2. The van der Waals surface area contributed by atoms with Crippen LogP contribution in [0.5, 0.6) is 0 Å². The number of thioether (sulfide) groups is 1. The number of halogens is 3. The van der Waals surface area contributed by atoms with Crippen LogP contribution >= 0.6 is 46.6 Å². The molecule has 0 radical (unpaired) electrons. The zero-order chi connectivity index (χ0) is 23.5. The molecule has 1 aromatic heterocycles. The summed E-state index contributed by atoms with van der Waals surface area (Å²) in [4.78, 5) is 5.26. The molecular weight excluding hydrogens is 499 g/mol. The van der Waals surface area contributed by atoms with Crippen molar-refractivity contribution in [1.82, 2.24) is 20.0 Å². The number of aliphatic hydroxyl groups excluding tert-OH is 1. The van der Waals surface area contributed by atoms with Crippen LogP contribution in [0.15, 0.2) is 47.6 Å². The Kier molecular flexibility index (Phi) is 8.28. The molecule has 0 bridgehead atoms. The number of fused-ring (bicyclic) bond motifs is 1. The highest BCUT2D eigenvalue weighted by atomic mass is 35.5. The van der Waals surface area contributed by atoms with E-state index in [1.54, 1.807) is 17.8 Å². The monoisotopic (exact) mass is 524 g/mol. The zero-order valence-electron chi connectivity index (χ0n) is 18.6. The molecule has 0 amide bonds. The van der Waals surface area contributed by atoms with E-state index in [-0.39, 0.29) is 18.7 Å². The third-order valence-electron chi connectivity index (χ3n) is 5.93. The van der Waals surface area contributed by atoms with Gasteiger partial charge in [-0.3, -0.25) is 14.9 Å². The molecule has 0 fully saturated rings. The van der Waals surface area contributed by atoms with Gasteiger partial charge in [0, 0.05) is 52.3 Å². The largest absolute Gasteiger partial charge is 0.396 e. The van der Waals surface area contributed by atoms with E-state index in [4.69, 9.17) is 34.8 Å². The third-order valence-corrected chi connectivity index (χ3v) is 8.51. The minimum absolute atomic E-state index is 0.105. The Bertz CT molecular complexity index is 1090. The Labute approximate surface area is 214 Å². The summed E-state index contributed by atoms with van der Waals surface area (Å²) in [6, 6.07) is 10.1. The second kappa shape index (κ2) is 11.0. The van der Waals surface area contributed by atoms with Gasteiger partial charge in [-0.2, -0.15) is 5.10 Å². The highest BCUT2D eigenvalue weighted by Crippen LogP contribution is 2.47. The number of aliphatic hydroxyl groups is 1. The SMILES string of the molecule is CN(C)CSc1c(Cl)cc(Cl)c(C(c2cn[nH]c2)N2Cc3ccccc3CC2CCO)c1Cl. The zero-order valence-corrected chi connectivity index (χ0v) is 21.6. The van der Waals surface area contributed by atoms with Crippen molar-refractivity contribution in [3.05, 3.63) is 80.0 Å². The third kappa shape index (κ3) is 5.38. The Morgan fingerprint density at radius 3 is 2.64 bits per heavy atom. The number of hydrogen-bond donors (Lipinski definition) is 2. The molecular formula is C24H27Cl3N4OS. The van der Waals surface area contributed by atoms with Gasteiger partial charge in [-0.15, -0.1) is 11.8 Å². The van der Waals surface area contributed by atoms with Crippen molar-refractivity contribution in [2.45, 2.75) is 36.4 Å². The standard InChI is InChI=1S/C24H27Cl3N4OS/c1-30(2)14-33-24-20(26)10-19(25)21(22(24)27)23(17-11-28-29-12-17)31-13-16-6-4-3-5-15(16)9-18(31)7-8-32/h3-6,10-12,18,23,32H,7-9,13-14H2,1-2H3,(H,28,29). The first kappa shape index (κ1) is 24.9. The lowest BCUT2D eigenvalue weighted by atomic mass is 9.88. The number of aromatic amines is 1. The van der Waals surface area contributed by atoms with E-state index in [2.05, 4.69) is 44.3 Å². The van der Waals surface area contributed by atoms with Crippen LogP contribution in [-0.2, 0) is 13.0 Å². The van der Waals surface area contributed by atoms with Gasteiger partial charge in [0.05, 0.1) is 22.3 Å². The summed E-state index contributed by atoms with van der Waals surface area (Å²) in [5, 5.41) is 18.6. The van der Waals surface area contributed by atoms with Crippen molar-refractivity contribution in [3.8, 4) is 0 Å². The van der Waals surface area contributed by atoms with Crippen LogP contribution in [0.4, 0.5) is 0 Å². The first-order valence-electron chi connectivity index (χ1n) is 10.8. The number of nitrogens with zero attached hydrogens (tertiary/aromatic N) is 3. The lowest BCUT2D eigenvalue weighted by molar-refractivity contribution is 0.106. The topological polar surface area (TPSA) is 55.4 Å². The van der Waals surface area contributed by atoms with Crippen molar-refractivity contribution in [3.63, 3.8) is 0 Å². The van der Waals surface area contributed by atoms with Gasteiger partial charge >= 0.3 is 0 Å². The smallest absolute Gasteiger partial charge is 0.0668 e. The van der Waals surface area contributed by atoms with E-state index in [1.807, 2.05) is 26.5 Å². The molecule has 1 aliphatic heterocycles. The molecule has 33 heavy (non-hydrogen) atoms. The number of hydrogen-bond acceptors (Lipinski definition) is 5. The molecule has 2 N–H and O–H groups in total. The Hall–Kier alpha value is -1.25. The van der Waals surface area contributed by atoms with Crippen LogP contribution in [0, 0.1) is 0 Å². The van der Waals surface area contributed by atoms with Gasteiger partial charge in [-0.05, 0) is 44.1 Å². The number of rotatable bonds is 8. The summed E-state index contributed by atoms with van der Waals surface area (Å²) in [5.74, 6) is 0.737. The van der Waals surface area contributed by atoms with Crippen LogP contribution in [0.1, 0.15) is 34.7 Å². The fourth-order valence-corrected chi connectivity index (χ4v) is 6.54. The molecule has 5 nitrogen and oxygen atoms in total. The second-order valence-corrected chi connectivity index (χ2v) is 10.6. The Morgan fingerprint density at radius 2 is 1.97 bits per heavy atom. The molecule has 176 valence electrons. The molecule has 2 atom stereocenters. The quantitative estimate of drug-likeness (QED) is 0.284. The van der Waals surface area contributed by atoms with E-state index < -0.39 is 0 Å². The summed E-state index contributed by atoms with van der Waals surface area (Å²) in [6.07, 6.45) is 5.19. The minimum Gasteiger partial charge on any atom is -0.396 e. The van der Waals surface area contributed by atoms with E-state index in [0.29, 0.717) is 28.0 Å². The van der Waals surface area contributed by atoms with Gasteiger partial charge < -0.3 is 5.11 Å².